The van der Waals surface area contributed by atoms with Crippen LogP contribution in [-0.4, -0.2) is 107 Å². The predicted molar refractivity (Wildman–Crippen MR) is 208 cm³/mol. The average Bonchev–Trinajstić information content (AvgIpc) is 3.81. The summed E-state index contributed by atoms with van der Waals surface area (Å²) in [6, 6.07) is 9.08. The van der Waals surface area contributed by atoms with Gasteiger partial charge in [0.25, 0.3) is 5.91 Å². The van der Waals surface area contributed by atoms with E-state index in [9.17, 15) is 33.6 Å². The number of aliphatic hydroxyl groups is 1. The smallest absolute Gasteiger partial charge is 0.409 e. The molecule has 4 atom stereocenters. The number of benzene rings is 2. The fourth-order valence-electron chi connectivity index (χ4n) is 6.92. The number of carbonyl (C=O) groups is 5. The second kappa shape index (κ2) is 16.7. The number of nitrogens with zero attached hydrogens (tertiary/aromatic N) is 5. The summed E-state index contributed by atoms with van der Waals surface area (Å²) in [5, 5.41) is 20.9. The van der Waals surface area contributed by atoms with Crippen LogP contribution in [0.25, 0.3) is 21.0 Å². The molecule has 2 aromatic heterocycles. The maximum absolute atomic E-state index is 15.8. The third kappa shape index (κ3) is 8.59. The molecular formula is C38H43F2N6O10PS. The predicted octanol–water partition coefficient (Wildman–Crippen LogP) is 4.99. The summed E-state index contributed by atoms with van der Waals surface area (Å²) in [7, 11) is -3.87. The van der Waals surface area contributed by atoms with E-state index in [0.717, 1.165) is 28.9 Å². The van der Waals surface area contributed by atoms with Gasteiger partial charge in [0.15, 0.2) is 6.79 Å². The first-order valence-corrected chi connectivity index (χ1v) is 20.7. The molecule has 4 aromatic rings. The molecule has 1 unspecified atom stereocenters. The Labute approximate surface area is 335 Å². The average molecular weight is 845 g/mol. The molecule has 2 aliphatic rings. The Morgan fingerprint density at radius 2 is 1.79 bits per heavy atom. The van der Waals surface area contributed by atoms with E-state index in [0.29, 0.717) is 35.2 Å². The minimum absolute atomic E-state index is 0.0335. The van der Waals surface area contributed by atoms with Crippen molar-refractivity contribution in [2.75, 3.05) is 38.6 Å². The summed E-state index contributed by atoms with van der Waals surface area (Å²) >= 11 is 0.935. The van der Waals surface area contributed by atoms with E-state index in [1.807, 2.05) is 0 Å². The largest absolute Gasteiger partial charge is 0.438 e. The highest BCUT2D eigenvalue weighted by Gasteiger charge is 2.56. The SMILES string of the molecule is CC(=O)N1CC[C@H]2CC[C@@H](C(=O)N(C)c3ccc4nnccc4c3)N2C(=O)[C@@H](NC(=O)c2cc3cc(C(F)(F)P(=O)(OCO)OCOC(=O)C(C)(C)C)ccc3s2)C1. The number of anilines is 1. The second-order valence-corrected chi connectivity index (χ2v) is 18.2. The zero-order valence-electron chi connectivity index (χ0n) is 32.3. The van der Waals surface area contributed by atoms with Gasteiger partial charge in [-0.05, 0) is 87.9 Å². The van der Waals surface area contributed by atoms with Gasteiger partial charge < -0.3 is 29.9 Å². The number of likely N-dealkylation sites (N-methyl/N-ethyl adjacent to an activating group) is 1. The van der Waals surface area contributed by atoms with Crippen LogP contribution in [0, 0.1) is 5.41 Å². The molecule has 310 valence electrons. The molecule has 4 heterocycles. The van der Waals surface area contributed by atoms with E-state index in [1.165, 1.54) is 54.5 Å². The maximum atomic E-state index is 15.8. The van der Waals surface area contributed by atoms with Crippen LogP contribution in [0.3, 0.4) is 0 Å². The van der Waals surface area contributed by atoms with Crippen molar-refractivity contribution in [1.29, 1.82) is 0 Å². The number of thiophene rings is 1. The third-order valence-corrected chi connectivity index (χ3v) is 13.1. The van der Waals surface area contributed by atoms with Crippen LogP contribution in [0.1, 0.15) is 62.2 Å². The summed E-state index contributed by atoms with van der Waals surface area (Å²) in [6.45, 7) is 3.49. The Bertz CT molecular complexity index is 2300. The van der Waals surface area contributed by atoms with Gasteiger partial charge in [-0.15, -0.1) is 11.3 Å². The second-order valence-electron chi connectivity index (χ2n) is 15.0. The number of amides is 4. The molecule has 0 spiro atoms. The summed E-state index contributed by atoms with van der Waals surface area (Å²) < 4.78 is 59.4. The van der Waals surface area contributed by atoms with Crippen molar-refractivity contribution < 1.29 is 56.2 Å². The number of halogens is 2. The lowest BCUT2D eigenvalue weighted by molar-refractivity contribution is -0.161. The summed E-state index contributed by atoms with van der Waals surface area (Å²) in [4.78, 5) is 71.5. The number of alkyl halides is 2. The number of esters is 1. The Morgan fingerprint density at radius 3 is 2.50 bits per heavy atom. The van der Waals surface area contributed by atoms with Gasteiger partial charge in [-0.2, -0.15) is 19.0 Å². The minimum Gasteiger partial charge on any atom is -0.438 e. The lowest BCUT2D eigenvalue weighted by atomic mass is 9.98. The monoisotopic (exact) mass is 844 g/mol. The molecule has 0 aliphatic carbocycles. The summed E-state index contributed by atoms with van der Waals surface area (Å²) in [5.74, 6) is -2.72. The highest BCUT2D eigenvalue weighted by atomic mass is 32.1. The van der Waals surface area contributed by atoms with Crippen molar-refractivity contribution >= 4 is 75.2 Å². The van der Waals surface area contributed by atoms with Crippen LogP contribution >= 0.6 is 18.9 Å². The molecule has 4 amide bonds. The van der Waals surface area contributed by atoms with E-state index in [2.05, 4.69) is 20.0 Å². The van der Waals surface area contributed by atoms with E-state index in [-0.39, 0.29) is 41.2 Å². The normalized spacial score (nSPS) is 19.9. The molecule has 20 heteroatoms. The van der Waals surface area contributed by atoms with E-state index in [4.69, 9.17) is 9.26 Å². The zero-order chi connectivity index (χ0) is 42.2. The quantitative estimate of drug-likeness (QED) is 0.117. The number of aromatic nitrogens is 2. The van der Waals surface area contributed by atoms with Crippen molar-refractivity contribution in [2.45, 2.75) is 70.7 Å². The Balaban J connectivity index is 1.22. The van der Waals surface area contributed by atoms with Gasteiger partial charge in [0.05, 0.1) is 22.0 Å². The molecule has 0 radical (unpaired) electrons. The van der Waals surface area contributed by atoms with Crippen LogP contribution in [-0.2, 0) is 43.2 Å². The molecule has 6 rings (SSSR count). The van der Waals surface area contributed by atoms with Crippen LogP contribution in [0.2, 0.25) is 0 Å². The minimum atomic E-state index is -5.49. The molecular weight excluding hydrogens is 801 g/mol. The maximum Gasteiger partial charge on any atom is 0.409 e. The Morgan fingerprint density at radius 1 is 1.03 bits per heavy atom. The van der Waals surface area contributed by atoms with Crippen molar-refractivity contribution in [3.8, 4) is 0 Å². The number of fused-ring (bicyclic) bond motifs is 3. The number of rotatable bonds is 11. The van der Waals surface area contributed by atoms with Gasteiger partial charge in [-0.1, -0.05) is 6.07 Å². The highest BCUT2D eigenvalue weighted by molar-refractivity contribution is 7.54. The fraction of sp³-hybridized carbons (Fsp3) is 0.447. The third-order valence-electron chi connectivity index (χ3n) is 10.1. The van der Waals surface area contributed by atoms with Gasteiger partial charge in [-0.3, -0.25) is 37.6 Å². The number of aliphatic hydroxyl groups excluding tert-OH is 1. The molecule has 0 bridgehead atoms. The first-order valence-electron chi connectivity index (χ1n) is 18.3. The van der Waals surface area contributed by atoms with Gasteiger partial charge in [0.1, 0.15) is 12.1 Å². The molecule has 58 heavy (non-hydrogen) atoms. The number of hydrogen-bond acceptors (Lipinski definition) is 13. The molecule has 2 aliphatic heterocycles. The lowest BCUT2D eigenvalue weighted by Crippen LogP contribution is -2.61. The van der Waals surface area contributed by atoms with Gasteiger partial charge in [0, 0.05) is 54.4 Å². The van der Waals surface area contributed by atoms with Gasteiger partial charge in [0.2, 0.25) is 24.5 Å². The number of ether oxygens (including phenoxy) is 1. The lowest BCUT2D eigenvalue weighted by Gasteiger charge is -2.39. The Hall–Kier alpha value is -4.94. The molecule has 2 aromatic carbocycles. The zero-order valence-corrected chi connectivity index (χ0v) is 34.1. The van der Waals surface area contributed by atoms with Crippen LogP contribution in [0.15, 0.2) is 54.7 Å². The Kier molecular flexibility index (Phi) is 12.3. The van der Waals surface area contributed by atoms with Crippen molar-refractivity contribution in [1.82, 2.24) is 25.3 Å². The standard InChI is InChI=1S/C38H43F2N6O10PS/c1-22(48)45-15-13-26-8-10-30(35(51)44(5)27-7-9-28-23(17-27)12-14-41-43-28)46(26)34(50)29(19-45)42-33(49)32-18-24-16-25(6-11-31(24)58-32)38(39,40)57(53,55-20-47)56-21-54-36(52)37(2,3)4/h6-7,9,11-12,14,16-18,26,29-30,47H,8,10,13,15,19-21H2,1-5H3,(H,42,49)/t26-,29+,30+,57?/m1/s1. The molecule has 2 N–H and O–H groups in total. The molecule has 2 saturated heterocycles. The first-order chi connectivity index (χ1) is 27.3. The fourth-order valence-corrected chi connectivity index (χ4v) is 9.06. The number of carbonyl (C=O) groups excluding carboxylic acids is 5. The highest BCUT2D eigenvalue weighted by Crippen LogP contribution is 2.67. The van der Waals surface area contributed by atoms with E-state index >= 15 is 8.78 Å². The van der Waals surface area contributed by atoms with E-state index in [1.54, 1.807) is 37.5 Å². The molecule has 16 nitrogen and oxygen atoms in total. The van der Waals surface area contributed by atoms with Crippen molar-refractivity contribution in [3.63, 3.8) is 0 Å². The van der Waals surface area contributed by atoms with Crippen molar-refractivity contribution in [3.05, 3.63) is 65.2 Å². The topological polar surface area (TPSA) is 198 Å². The van der Waals surface area contributed by atoms with Gasteiger partial charge >= 0.3 is 19.2 Å². The van der Waals surface area contributed by atoms with Crippen molar-refractivity contribution in [2.24, 2.45) is 5.41 Å². The van der Waals surface area contributed by atoms with E-state index < -0.39 is 67.7 Å². The summed E-state index contributed by atoms with van der Waals surface area (Å²) in [5.41, 5.74) is -4.96. The number of nitrogens with one attached hydrogen (secondary N) is 1. The first kappa shape index (κ1) is 42.7. The number of hydrogen-bond donors (Lipinski definition) is 2. The molecule has 2 fully saturated rings. The summed E-state index contributed by atoms with van der Waals surface area (Å²) in [6.07, 6.45) is 2.85. The van der Waals surface area contributed by atoms with Crippen LogP contribution < -0.4 is 10.2 Å². The van der Waals surface area contributed by atoms with Gasteiger partial charge in [-0.25, -0.2) is 0 Å². The molecule has 0 saturated carbocycles. The van der Waals surface area contributed by atoms with Crippen LogP contribution in [0.4, 0.5) is 14.5 Å². The van der Waals surface area contributed by atoms with Crippen LogP contribution in [0.5, 0.6) is 0 Å².